The number of benzene rings is 1. The molecule has 0 saturated carbocycles. The number of hydrogen-bond donors (Lipinski definition) is 1. The van der Waals surface area contributed by atoms with Gasteiger partial charge in [-0.1, -0.05) is 35.3 Å². The molecule has 1 aliphatic heterocycles. The number of hydrogen-bond acceptors (Lipinski definition) is 5. The number of fused-ring (bicyclic) bond motifs is 1. The van der Waals surface area contributed by atoms with E-state index in [1.807, 2.05) is 36.5 Å². The van der Waals surface area contributed by atoms with Gasteiger partial charge in [-0.25, -0.2) is 4.98 Å². The van der Waals surface area contributed by atoms with Crippen LogP contribution in [0.15, 0.2) is 55.0 Å². The molecule has 0 bridgehead atoms. The van der Waals surface area contributed by atoms with Gasteiger partial charge in [-0.2, -0.15) is 9.61 Å². The number of nitrogens with zero attached hydrogens (tertiary/aromatic N) is 5. The van der Waals surface area contributed by atoms with Crippen molar-refractivity contribution < 1.29 is 0 Å². The normalized spacial score (nSPS) is 16.8. The third-order valence-corrected chi connectivity index (χ3v) is 6.79. The minimum atomic E-state index is 0.276. The lowest BCUT2D eigenvalue weighted by Gasteiger charge is -2.33. The maximum atomic E-state index is 6.42. The molecule has 1 aliphatic rings. The highest BCUT2D eigenvalue weighted by atomic mass is 35.5. The van der Waals surface area contributed by atoms with Gasteiger partial charge in [0, 0.05) is 65.8 Å². The number of halogens is 2. The third-order valence-electron chi connectivity index (χ3n) is 6.08. The molecule has 0 amide bonds. The Hall–Kier alpha value is -2.61. The zero-order valence-corrected chi connectivity index (χ0v) is 19.6. The smallest absolute Gasteiger partial charge is 0.150 e. The lowest BCUT2D eigenvalue weighted by atomic mass is 9.93. The largest absolute Gasteiger partial charge is 0.366 e. The van der Waals surface area contributed by atoms with Crippen LogP contribution in [0, 0.1) is 0 Å². The monoisotopic (exact) mass is 476 g/mol. The lowest BCUT2D eigenvalue weighted by molar-refractivity contribution is 0.198. The predicted molar refractivity (Wildman–Crippen MR) is 134 cm³/mol. The third kappa shape index (κ3) is 4.86. The molecule has 1 fully saturated rings. The Morgan fingerprint density at radius 2 is 1.97 bits per heavy atom. The van der Waals surface area contributed by atoms with Crippen LogP contribution in [-0.4, -0.2) is 45.4 Å². The fourth-order valence-electron chi connectivity index (χ4n) is 4.38. The number of piperidine rings is 1. The summed E-state index contributed by atoms with van der Waals surface area (Å²) in [6, 6.07) is 11.7. The van der Waals surface area contributed by atoms with Crippen LogP contribution < -0.4 is 10.8 Å². The zero-order chi connectivity index (χ0) is 22.8. The van der Waals surface area contributed by atoms with Crippen LogP contribution in [0.2, 0.25) is 10.0 Å². The van der Waals surface area contributed by atoms with Crippen LogP contribution in [0.1, 0.15) is 35.6 Å². The van der Waals surface area contributed by atoms with E-state index in [0.29, 0.717) is 27.7 Å². The summed E-state index contributed by atoms with van der Waals surface area (Å²) in [4.78, 5) is 11.5. The maximum absolute atomic E-state index is 6.42. The minimum Gasteiger partial charge on any atom is -0.366 e. The van der Waals surface area contributed by atoms with Gasteiger partial charge in [0.15, 0.2) is 5.65 Å². The number of anilines is 1. The summed E-state index contributed by atoms with van der Waals surface area (Å²) in [5, 5.41) is 9.31. The molecule has 1 atom stereocenters. The van der Waals surface area contributed by atoms with Gasteiger partial charge in [-0.05, 0) is 48.6 Å². The van der Waals surface area contributed by atoms with Crippen molar-refractivity contribution in [2.45, 2.75) is 31.8 Å². The van der Waals surface area contributed by atoms with Gasteiger partial charge >= 0.3 is 0 Å². The van der Waals surface area contributed by atoms with Crippen LogP contribution in [0.3, 0.4) is 0 Å². The Balaban J connectivity index is 1.39. The summed E-state index contributed by atoms with van der Waals surface area (Å²) < 4.78 is 1.76. The standard InChI is InChI=1S/C24H23BCl2N6/c25-19-13-30-33-23(29-12-16-4-2-8-28-11-16)10-22(31-24(19)33)17-5-3-9-32(14-17)15-18-20(26)6-1-7-21(18)27/h1-2,4,6-8,10-11,13,17,29H,3,5,9,12,14-15H2. The van der Waals surface area contributed by atoms with E-state index in [4.69, 9.17) is 36.0 Å². The summed E-state index contributed by atoms with van der Waals surface area (Å²) in [6.45, 7) is 3.23. The predicted octanol–water partition coefficient (Wildman–Crippen LogP) is 4.22. The molecule has 2 radical (unpaired) electrons. The lowest BCUT2D eigenvalue weighted by Crippen LogP contribution is -2.34. The molecule has 1 N–H and O–H groups in total. The molecule has 166 valence electrons. The maximum Gasteiger partial charge on any atom is 0.150 e. The topological polar surface area (TPSA) is 58.4 Å². The molecule has 0 aliphatic carbocycles. The highest BCUT2D eigenvalue weighted by Crippen LogP contribution is 2.31. The summed E-state index contributed by atoms with van der Waals surface area (Å²) in [7, 11) is 6.19. The molecule has 1 aromatic carbocycles. The molecule has 4 aromatic rings. The molecular formula is C24H23BCl2N6. The SMILES string of the molecule is [B]c1cnn2c(NCc3cccnc3)cc(C3CCCN(Cc4c(Cl)cccc4Cl)C3)nc12. The highest BCUT2D eigenvalue weighted by molar-refractivity contribution is 6.36. The summed E-state index contributed by atoms with van der Waals surface area (Å²) >= 11 is 12.8. The van der Waals surface area contributed by atoms with E-state index in [0.717, 1.165) is 55.1 Å². The summed E-state index contributed by atoms with van der Waals surface area (Å²) in [5.41, 5.74) is 4.32. The average molecular weight is 477 g/mol. The van der Waals surface area contributed by atoms with Crippen LogP contribution in [-0.2, 0) is 13.1 Å². The number of likely N-dealkylation sites (tertiary alicyclic amines) is 1. The molecule has 6 nitrogen and oxygen atoms in total. The molecule has 1 unspecified atom stereocenters. The van der Waals surface area contributed by atoms with Crippen molar-refractivity contribution in [2.24, 2.45) is 0 Å². The molecule has 0 spiro atoms. The van der Waals surface area contributed by atoms with Gasteiger partial charge in [0.05, 0.1) is 5.69 Å². The highest BCUT2D eigenvalue weighted by Gasteiger charge is 2.25. The molecule has 33 heavy (non-hydrogen) atoms. The molecule has 5 rings (SSSR count). The van der Waals surface area contributed by atoms with Crippen molar-refractivity contribution in [2.75, 3.05) is 18.4 Å². The zero-order valence-electron chi connectivity index (χ0n) is 18.1. The van der Waals surface area contributed by atoms with Gasteiger partial charge in [0.25, 0.3) is 0 Å². The van der Waals surface area contributed by atoms with Gasteiger partial charge in [0.1, 0.15) is 13.7 Å². The van der Waals surface area contributed by atoms with E-state index in [2.05, 4.69) is 26.4 Å². The summed E-state index contributed by atoms with van der Waals surface area (Å²) in [5.74, 6) is 1.14. The number of nitrogens with one attached hydrogen (secondary N) is 1. The van der Waals surface area contributed by atoms with Crippen molar-refractivity contribution >= 4 is 48.0 Å². The Morgan fingerprint density at radius 3 is 2.76 bits per heavy atom. The van der Waals surface area contributed by atoms with Crippen molar-refractivity contribution in [3.05, 3.63) is 81.9 Å². The number of aromatic nitrogens is 4. The first-order chi connectivity index (χ1) is 16.1. The summed E-state index contributed by atoms with van der Waals surface area (Å²) in [6.07, 6.45) is 7.40. The van der Waals surface area contributed by atoms with Gasteiger partial charge in [-0.3, -0.25) is 9.88 Å². The second kappa shape index (κ2) is 9.71. The Labute approximate surface area is 204 Å². The second-order valence-electron chi connectivity index (χ2n) is 8.39. The number of rotatable bonds is 6. The van der Waals surface area contributed by atoms with E-state index in [9.17, 15) is 0 Å². The average Bonchev–Trinajstić information content (AvgIpc) is 3.21. The molecule has 4 heterocycles. The van der Waals surface area contributed by atoms with Crippen molar-refractivity contribution in [3.63, 3.8) is 0 Å². The van der Waals surface area contributed by atoms with Crippen molar-refractivity contribution in [3.8, 4) is 0 Å². The van der Waals surface area contributed by atoms with Crippen LogP contribution in [0.5, 0.6) is 0 Å². The van der Waals surface area contributed by atoms with E-state index >= 15 is 0 Å². The van der Waals surface area contributed by atoms with Crippen molar-refractivity contribution in [1.29, 1.82) is 0 Å². The van der Waals surface area contributed by atoms with E-state index in [-0.39, 0.29) is 5.92 Å². The van der Waals surface area contributed by atoms with E-state index in [1.54, 1.807) is 16.9 Å². The molecule has 3 aromatic heterocycles. The van der Waals surface area contributed by atoms with Crippen LogP contribution in [0.4, 0.5) is 5.82 Å². The van der Waals surface area contributed by atoms with E-state index < -0.39 is 0 Å². The number of pyridine rings is 1. The fourth-order valence-corrected chi connectivity index (χ4v) is 4.89. The first-order valence-corrected chi connectivity index (χ1v) is 11.8. The van der Waals surface area contributed by atoms with Crippen molar-refractivity contribution in [1.82, 2.24) is 24.5 Å². The van der Waals surface area contributed by atoms with Gasteiger partial charge < -0.3 is 5.32 Å². The minimum absolute atomic E-state index is 0.276. The molecular weight excluding hydrogens is 454 g/mol. The van der Waals surface area contributed by atoms with Gasteiger partial charge in [0.2, 0.25) is 0 Å². The van der Waals surface area contributed by atoms with E-state index in [1.165, 1.54) is 0 Å². The Kier molecular flexibility index (Phi) is 6.53. The van der Waals surface area contributed by atoms with Crippen LogP contribution in [0.25, 0.3) is 5.65 Å². The first-order valence-electron chi connectivity index (χ1n) is 11.0. The Morgan fingerprint density at radius 1 is 1.12 bits per heavy atom. The van der Waals surface area contributed by atoms with Gasteiger partial charge in [-0.15, -0.1) is 0 Å². The molecule has 1 saturated heterocycles. The van der Waals surface area contributed by atoms with Crippen LogP contribution >= 0.6 is 23.2 Å². The first kappa shape index (κ1) is 22.2. The quantitative estimate of drug-likeness (QED) is 0.422. The molecule has 9 heteroatoms. The second-order valence-corrected chi connectivity index (χ2v) is 9.21. The Bertz CT molecular complexity index is 1240. The fraction of sp³-hybridized carbons (Fsp3) is 0.292.